The number of sulfonamides is 1. The highest BCUT2D eigenvalue weighted by molar-refractivity contribution is 7.89. The van der Waals surface area contributed by atoms with Gasteiger partial charge in [-0.2, -0.15) is 4.31 Å². The van der Waals surface area contributed by atoms with E-state index in [1.54, 1.807) is 31.2 Å². The Bertz CT molecular complexity index is 1150. The Balaban J connectivity index is 1.43. The predicted octanol–water partition coefficient (Wildman–Crippen LogP) is 2.47. The van der Waals surface area contributed by atoms with Crippen LogP contribution in [0.3, 0.4) is 0 Å². The van der Waals surface area contributed by atoms with Crippen LogP contribution >= 0.6 is 0 Å². The smallest absolute Gasteiger partial charge is 0.258 e. The Labute approximate surface area is 187 Å². The first-order valence-corrected chi connectivity index (χ1v) is 11.8. The number of hydrogen-bond acceptors (Lipinski definition) is 5. The molecule has 2 amide bonds. The first-order chi connectivity index (χ1) is 15.3. The molecule has 168 valence electrons. The monoisotopic (exact) mass is 455 g/mol. The zero-order valence-corrected chi connectivity index (χ0v) is 18.7. The molecule has 0 atom stereocenters. The molecule has 2 aromatic rings. The van der Waals surface area contributed by atoms with Crippen molar-refractivity contribution in [3.63, 3.8) is 0 Å². The summed E-state index contributed by atoms with van der Waals surface area (Å²) in [6.45, 7) is 7.20. The number of ether oxygens (including phenoxy) is 1. The summed E-state index contributed by atoms with van der Waals surface area (Å²) in [5, 5.41) is 2.75. The molecule has 1 saturated heterocycles. The number of nitrogens with zero attached hydrogens (tertiary/aromatic N) is 2. The first-order valence-electron chi connectivity index (χ1n) is 10.4. The molecule has 0 aliphatic carbocycles. The Morgan fingerprint density at radius 2 is 1.81 bits per heavy atom. The molecular formula is C23H25N3O5S. The zero-order valence-electron chi connectivity index (χ0n) is 17.8. The number of anilines is 1. The van der Waals surface area contributed by atoms with E-state index in [1.165, 1.54) is 15.3 Å². The van der Waals surface area contributed by atoms with Gasteiger partial charge in [-0.15, -0.1) is 0 Å². The van der Waals surface area contributed by atoms with Crippen molar-refractivity contribution in [3.05, 3.63) is 65.7 Å². The minimum absolute atomic E-state index is 0.0537. The van der Waals surface area contributed by atoms with E-state index < -0.39 is 10.0 Å². The summed E-state index contributed by atoms with van der Waals surface area (Å²) in [5.41, 5.74) is 2.92. The van der Waals surface area contributed by atoms with Gasteiger partial charge in [0.15, 0.2) is 0 Å². The number of amides is 2. The third-order valence-corrected chi connectivity index (χ3v) is 7.70. The van der Waals surface area contributed by atoms with Gasteiger partial charge in [0.2, 0.25) is 15.9 Å². The largest absolute Gasteiger partial charge is 0.379 e. The number of carbonyl (C=O) groups is 2. The van der Waals surface area contributed by atoms with Gasteiger partial charge in [0.05, 0.1) is 18.1 Å². The standard InChI is InChI=1S/C23H25N3O5S/c1-16-7-8-18(15-21(16)32(29,30)25-11-13-31-14-12-25)24-22(27)9-10-26-17(2)19-5-3-4-6-20(19)23(26)28/h3-8,15H,2,9-14H2,1H3,(H,24,27). The van der Waals surface area contributed by atoms with Gasteiger partial charge >= 0.3 is 0 Å². The molecule has 0 spiro atoms. The van der Waals surface area contributed by atoms with Crippen LogP contribution in [0.25, 0.3) is 5.70 Å². The third-order valence-electron chi connectivity index (χ3n) is 5.66. The molecule has 0 radical (unpaired) electrons. The first kappa shape index (κ1) is 22.2. The molecule has 0 aromatic heterocycles. The number of fused-ring (bicyclic) bond motifs is 1. The highest BCUT2D eigenvalue weighted by atomic mass is 32.2. The molecule has 2 aliphatic heterocycles. The number of rotatable bonds is 6. The molecule has 32 heavy (non-hydrogen) atoms. The Kier molecular flexibility index (Phi) is 6.14. The van der Waals surface area contributed by atoms with Crippen LogP contribution in [0.1, 0.15) is 27.9 Å². The number of morpholine rings is 1. The van der Waals surface area contributed by atoms with Crippen LogP contribution in [0.5, 0.6) is 0 Å². The zero-order chi connectivity index (χ0) is 22.9. The lowest BCUT2D eigenvalue weighted by molar-refractivity contribution is -0.116. The van der Waals surface area contributed by atoms with Gasteiger partial charge in [-0.1, -0.05) is 30.8 Å². The second-order valence-electron chi connectivity index (χ2n) is 7.74. The number of carbonyl (C=O) groups excluding carboxylic acids is 2. The molecule has 2 heterocycles. The van der Waals surface area contributed by atoms with Crippen molar-refractivity contribution in [1.82, 2.24) is 9.21 Å². The van der Waals surface area contributed by atoms with Gasteiger partial charge in [0.1, 0.15) is 0 Å². The lowest BCUT2D eigenvalue weighted by Gasteiger charge is -2.26. The molecule has 2 aromatic carbocycles. The molecule has 9 heteroatoms. The predicted molar refractivity (Wildman–Crippen MR) is 121 cm³/mol. The maximum atomic E-state index is 13.0. The Hall–Kier alpha value is -3.01. The van der Waals surface area contributed by atoms with E-state index in [2.05, 4.69) is 11.9 Å². The summed E-state index contributed by atoms with van der Waals surface area (Å²) in [6.07, 6.45) is 0.0537. The van der Waals surface area contributed by atoms with Crippen LogP contribution in [0, 0.1) is 6.92 Å². The molecular weight excluding hydrogens is 430 g/mol. The summed E-state index contributed by atoms with van der Waals surface area (Å²) >= 11 is 0. The molecule has 2 aliphatic rings. The Morgan fingerprint density at radius 1 is 1.12 bits per heavy atom. The second-order valence-corrected chi connectivity index (χ2v) is 9.65. The van der Waals surface area contributed by atoms with Gasteiger partial charge in [-0.05, 0) is 30.7 Å². The minimum atomic E-state index is -3.68. The van der Waals surface area contributed by atoms with Crippen LogP contribution in [-0.4, -0.2) is 62.3 Å². The van der Waals surface area contributed by atoms with Crippen molar-refractivity contribution in [2.45, 2.75) is 18.2 Å². The lowest BCUT2D eigenvalue weighted by atomic mass is 10.1. The van der Waals surface area contributed by atoms with Gasteiger partial charge < -0.3 is 15.0 Å². The van der Waals surface area contributed by atoms with Gasteiger partial charge in [-0.3, -0.25) is 9.59 Å². The van der Waals surface area contributed by atoms with Crippen LogP contribution in [0.4, 0.5) is 5.69 Å². The molecule has 0 saturated carbocycles. The van der Waals surface area contributed by atoms with E-state index in [9.17, 15) is 18.0 Å². The summed E-state index contributed by atoms with van der Waals surface area (Å²) < 4.78 is 32.7. The van der Waals surface area contributed by atoms with Gasteiger partial charge in [-0.25, -0.2) is 8.42 Å². The summed E-state index contributed by atoms with van der Waals surface area (Å²) in [6, 6.07) is 12.0. The third kappa shape index (κ3) is 4.19. The van der Waals surface area contributed by atoms with Crippen molar-refractivity contribution >= 4 is 33.2 Å². The topological polar surface area (TPSA) is 96.0 Å². The maximum Gasteiger partial charge on any atom is 0.258 e. The fourth-order valence-corrected chi connectivity index (χ4v) is 5.55. The van der Waals surface area contributed by atoms with Crippen LogP contribution in [0.2, 0.25) is 0 Å². The van der Waals surface area contributed by atoms with Crippen LogP contribution in [-0.2, 0) is 19.6 Å². The quantitative estimate of drug-likeness (QED) is 0.722. The van der Waals surface area contributed by atoms with E-state index in [0.717, 1.165) is 5.56 Å². The fraction of sp³-hybridized carbons (Fsp3) is 0.304. The van der Waals surface area contributed by atoms with Crippen molar-refractivity contribution in [2.75, 3.05) is 38.2 Å². The normalized spacial score (nSPS) is 16.8. The Morgan fingerprint density at radius 3 is 2.50 bits per heavy atom. The maximum absolute atomic E-state index is 13.0. The number of nitrogens with one attached hydrogen (secondary N) is 1. The second kappa shape index (κ2) is 8.85. The van der Waals surface area contributed by atoms with Crippen LogP contribution < -0.4 is 5.32 Å². The van der Waals surface area contributed by atoms with E-state index in [4.69, 9.17) is 4.74 Å². The minimum Gasteiger partial charge on any atom is -0.379 e. The van der Waals surface area contributed by atoms with E-state index in [1.807, 2.05) is 12.1 Å². The summed E-state index contributed by atoms with van der Waals surface area (Å²) in [5.74, 6) is -0.493. The lowest BCUT2D eigenvalue weighted by Crippen LogP contribution is -2.40. The molecule has 8 nitrogen and oxygen atoms in total. The van der Waals surface area contributed by atoms with E-state index >= 15 is 0 Å². The van der Waals surface area contributed by atoms with Crippen molar-refractivity contribution < 1.29 is 22.7 Å². The SMILES string of the molecule is C=C1c2ccccc2C(=O)N1CCC(=O)Nc1ccc(C)c(S(=O)(=O)N2CCOCC2)c1. The number of hydrogen-bond donors (Lipinski definition) is 1. The van der Waals surface area contributed by atoms with Crippen molar-refractivity contribution in [2.24, 2.45) is 0 Å². The highest BCUT2D eigenvalue weighted by Crippen LogP contribution is 2.31. The molecule has 0 unspecified atom stereocenters. The average molecular weight is 456 g/mol. The summed E-state index contributed by atoms with van der Waals surface area (Å²) in [4.78, 5) is 26.8. The average Bonchev–Trinajstić information content (AvgIpc) is 3.04. The molecule has 4 rings (SSSR count). The molecule has 0 bridgehead atoms. The van der Waals surface area contributed by atoms with Gasteiger partial charge in [0, 0.05) is 48.6 Å². The molecule has 1 fully saturated rings. The van der Waals surface area contributed by atoms with Gasteiger partial charge in [0.25, 0.3) is 5.91 Å². The van der Waals surface area contributed by atoms with E-state index in [0.29, 0.717) is 48.8 Å². The van der Waals surface area contributed by atoms with Crippen LogP contribution in [0.15, 0.2) is 53.9 Å². The molecule has 1 N–H and O–H groups in total. The van der Waals surface area contributed by atoms with Crippen molar-refractivity contribution in [1.29, 1.82) is 0 Å². The highest BCUT2D eigenvalue weighted by Gasteiger charge is 2.31. The van der Waals surface area contributed by atoms with E-state index in [-0.39, 0.29) is 29.7 Å². The fourth-order valence-electron chi connectivity index (χ4n) is 3.89. The summed E-state index contributed by atoms with van der Waals surface area (Å²) in [7, 11) is -3.68. The number of aryl methyl sites for hydroxylation is 1. The van der Waals surface area contributed by atoms with Crippen molar-refractivity contribution in [3.8, 4) is 0 Å². The number of benzene rings is 2.